The lowest BCUT2D eigenvalue weighted by Crippen LogP contribution is -2.49. The standard InChI is InChI=1S/C6H6F6O3.C3H7F.CH3F.2CH4/c1-3(7)4(2,14-5(8,9)10)15-6(11,12)13-3;1-2-3-4;1-2;;/h1-2H3;2-3H2,1H3;1H3;2*1H4. The summed E-state index contributed by atoms with van der Waals surface area (Å²) in [7, 11) is 0.500. The average Bonchev–Trinajstić information content (AvgIpc) is 2.42. The van der Waals surface area contributed by atoms with E-state index in [-0.39, 0.29) is 21.5 Å². The largest absolute Gasteiger partial charge is 0.525 e. The van der Waals surface area contributed by atoms with Gasteiger partial charge in [0.2, 0.25) is 5.79 Å². The molecule has 0 saturated carbocycles. The van der Waals surface area contributed by atoms with Gasteiger partial charge in [-0.15, -0.1) is 22.0 Å². The van der Waals surface area contributed by atoms with E-state index in [1.165, 1.54) is 0 Å². The molecular formula is C12H24F8O3. The summed E-state index contributed by atoms with van der Waals surface area (Å²) in [4.78, 5) is 0. The van der Waals surface area contributed by atoms with E-state index in [9.17, 15) is 35.1 Å². The molecule has 1 rings (SSSR count). The Morgan fingerprint density at radius 3 is 1.48 bits per heavy atom. The Bertz CT molecular complexity index is 295. The van der Waals surface area contributed by atoms with Crippen LogP contribution in [-0.4, -0.2) is 38.2 Å². The van der Waals surface area contributed by atoms with Gasteiger partial charge in [-0.3, -0.25) is 23.0 Å². The van der Waals surface area contributed by atoms with Crippen LogP contribution in [0.4, 0.5) is 35.1 Å². The van der Waals surface area contributed by atoms with Gasteiger partial charge in [-0.25, -0.2) is 4.39 Å². The summed E-state index contributed by atoms with van der Waals surface area (Å²) in [5.74, 6) is -6.68. The number of rotatable bonds is 2. The molecule has 1 heterocycles. The fourth-order valence-corrected chi connectivity index (χ4v) is 0.987. The van der Waals surface area contributed by atoms with Crippen LogP contribution in [0.15, 0.2) is 0 Å². The second-order valence-corrected chi connectivity index (χ2v) is 3.77. The lowest BCUT2D eigenvalue weighted by Gasteiger charge is -2.30. The lowest BCUT2D eigenvalue weighted by atomic mass is 10.2. The number of alkyl halides is 8. The first-order valence-electron chi connectivity index (χ1n) is 5.46. The van der Waals surface area contributed by atoms with E-state index < -0.39 is 24.3 Å². The summed E-state index contributed by atoms with van der Waals surface area (Å²) in [6.07, 6.45) is -9.14. The molecule has 0 aromatic rings. The summed E-state index contributed by atoms with van der Waals surface area (Å²) >= 11 is 0. The summed E-state index contributed by atoms with van der Waals surface area (Å²) in [6, 6.07) is 0. The zero-order valence-corrected chi connectivity index (χ0v) is 11.7. The highest BCUT2D eigenvalue weighted by Gasteiger charge is 2.69. The van der Waals surface area contributed by atoms with Crippen LogP contribution in [0.1, 0.15) is 42.0 Å². The Hall–Kier alpha value is -0.680. The Labute approximate surface area is 130 Å². The molecule has 0 aromatic heterocycles. The quantitative estimate of drug-likeness (QED) is 0.581. The van der Waals surface area contributed by atoms with Crippen LogP contribution < -0.4 is 0 Å². The maximum atomic E-state index is 13.2. The van der Waals surface area contributed by atoms with Crippen LogP contribution in [0.2, 0.25) is 0 Å². The molecule has 1 saturated heterocycles. The maximum absolute atomic E-state index is 13.2. The van der Waals surface area contributed by atoms with Gasteiger partial charge in [-0.05, 0) is 13.3 Å². The molecule has 1 aliphatic rings. The smallest absolute Gasteiger partial charge is 0.257 e. The van der Waals surface area contributed by atoms with Crippen LogP contribution in [-0.2, 0) is 14.2 Å². The first-order chi connectivity index (χ1) is 9.29. The zero-order chi connectivity index (χ0) is 17.5. The molecule has 0 bridgehead atoms. The van der Waals surface area contributed by atoms with Gasteiger partial charge in [0.1, 0.15) is 0 Å². The van der Waals surface area contributed by atoms with Crippen molar-refractivity contribution in [1.29, 1.82) is 0 Å². The third kappa shape index (κ3) is 10.7. The Kier molecular flexibility index (Phi) is 14.4. The predicted octanol–water partition coefficient (Wildman–Crippen LogP) is 5.75. The minimum atomic E-state index is -5.33. The van der Waals surface area contributed by atoms with Crippen molar-refractivity contribution >= 4 is 0 Å². The molecule has 146 valence electrons. The number of hydrogen-bond acceptors (Lipinski definition) is 3. The van der Waals surface area contributed by atoms with Crippen molar-refractivity contribution in [3.63, 3.8) is 0 Å². The van der Waals surface area contributed by atoms with Gasteiger partial charge >= 0.3 is 12.7 Å². The van der Waals surface area contributed by atoms with Gasteiger partial charge in [0.05, 0.1) is 13.9 Å². The second-order valence-electron chi connectivity index (χ2n) is 3.77. The first-order valence-corrected chi connectivity index (χ1v) is 5.46. The van der Waals surface area contributed by atoms with Gasteiger partial charge in [0.15, 0.2) is 0 Å². The van der Waals surface area contributed by atoms with Crippen molar-refractivity contribution in [2.75, 3.05) is 13.9 Å². The molecule has 2 atom stereocenters. The summed E-state index contributed by atoms with van der Waals surface area (Å²) in [6.45, 7) is 2.33. The highest BCUT2D eigenvalue weighted by Crippen LogP contribution is 2.49. The molecular weight excluding hydrogens is 344 g/mol. The number of hydrogen-bond donors (Lipinski definition) is 0. The molecule has 3 nitrogen and oxygen atoms in total. The molecule has 1 aliphatic heterocycles. The Morgan fingerprint density at radius 1 is 0.957 bits per heavy atom. The van der Waals surface area contributed by atoms with E-state index in [1.54, 1.807) is 6.92 Å². The van der Waals surface area contributed by atoms with Crippen LogP contribution in [0.3, 0.4) is 0 Å². The van der Waals surface area contributed by atoms with Crippen molar-refractivity contribution in [2.45, 2.75) is 66.3 Å². The summed E-state index contributed by atoms with van der Waals surface area (Å²) in [5, 5.41) is 0. The first kappa shape index (κ1) is 30.2. The lowest BCUT2D eigenvalue weighted by molar-refractivity contribution is -0.444. The van der Waals surface area contributed by atoms with Crippen LogP contribution >= 0.6 is 0 Å². The highest BCUT2D eigenvalue weighted by atomic mass is 19.4. The zero-order valence-electron chi connectivity index (χ0n) is 11.7. The van der Waals surface area contributed by atoms with E-state index in [1.807, 2.05) is 0 Å². The van der Waals surface area contributed by atoms with Crippen molar-refractivity contribution in [1.82, 2.24) is 0 Å². The molecule has 0 aliphatic carbocycles. The van der Waals surface area contributed by atoms with Crippen molar-refractivity contribution in [3.05, 3.63) is 0 Å². The van der Waals surface area contributed by atoms with Gasteiger partial charge in [-0.2, -0.15) is 0 Å². The minimum absolute atomic E-state index is 0. The van der Waals surface area contributed by atoms with Gasteiger partial charge in [0, 0.05) is 6.92 Å². The van der Waals surface area contributed by atoms with E-state index in [0.29, 0.717) is 27.4 Å². The molecule has 0 amide bonds. The molecule has 2 unspecified atom stereocenters. The maximum Gasteiger partial charge on any atom is 0.525 e. The second kappa shape index (κ2) is 11.0. The summed E-state index contributed by atoms with van der Waals surface area (Å²) < 4.78 is 103. The van der Waals surface area contributed by atoms with Crippen molar-refractivity contribution in [3.8, 4) is 0 Å². The molecule has 0 aromatic carbocycles. The van der Waals surface area contributed by atoms with Crippen LogP contribution in [0.25, 0.3) is 0 Å². The third-order valence-corrected chi connectivity index (χ3v) is 1.93. The third-order valence-electron chi connectivity index (χ3n) is 1.93. The van der Waals surface area contributed by atoms with Gasteiger partial charge in [-0.1, -0.05) is 21.8 Å². The van der Waals surface area contributed by atoms with E-state index >= 15 is 0 Å². The molecule has 0 N–H and O–H groups in total. The molecule has 23 heavy (non-hydrogen) atoms. The fourth-order valence-electron chi connectivity index (χ4n) is 0.987. The molecule has 0 radical (unpaired) electrons. The van der Waals surface area contributed by atoms with E-state index in [2.05, 4.69) is 14.2 Å². The van der Waals surface area contributed by atoms with Gasteiger partial charge < -0.3 is 0 Å². The number of ether oxygens (including phenoxy) is 3. The Balaban J connectivity index is -0.000000198. The SMILES string of the molecule is C.C.CC1(F)OC(F)(F)OC1(C)OC(F)(F)F.CCCF.CF. The fraction of sp³-hybridized carbons (Fsp3) is 1.00. The van der Waals surface area contributed by atoms with Crippen LogP contribution in [0, 0.1) is 0 Å². The van der Waals surface area contributed by atoms with E-state index in [4.69, 9.17) is 0 Å². The van der Waals surface area contributed by atoms with E-state index in [0.717, 1.165) is 0 Å². The summed E-state index contributed by atoms with van der Waals surface area (Å²) in [5.41, 5.74) is 0. The monoisotopic (exact) mass is 368 g/mol. The minimum Gasteiger partial charge on any atom is -0.257 e. The van der Waals surface area contributed by atoms with Crippen molar-refractivity contribution < 1.29 is 49.3 Å². The average molecular weight is 368 g/mol. The predicted molar refractivity (Wildman–Crippen MR) is 68.9 cm³/mol. The molecule has 0 spiro atoms. The highest BCUT2D eigenvalue weighted by molar-refractivity contribution is 4.86. The van der Waals surface area contributed by atoms with Gasteiger partial charge in [0.25, 0.3) is 5.85 Å². The number of halogens is 8. The van der Waals surface area contributed by atoms with Crippen molar-refractivity contribution in [2.24, 2.45) is 0 Å². The molecule has 11 heteroatoms. The normalized spacial score (nSPS) is 28.2. The molecule has 1 fully saturated rings. The topological polar surface area (TPSA) is 27.7 Å². The Morgan fingerprint density at radius 2 is 1.30 bits per heavy atom. The van der Waals surface area contributed by atoms with Crippen LogP contribution in [0.5, 0.6) is 0 Å².